The van der Waals surface area contributed by atoms with Crippen LogP contribution in [0.25, 0.3) is 0 Å². The molecule has 1 aromatic carbocycles. The van der Waals surface area contributed by atoms with Crippen molar-refractivity contribution in [2.24, 2.45) is 0 Å². The predicted molar refractivity (Wildman–Crippen MR) is 153 cm³/mol. The van der Waals surface area contributed by atoms with Crippen LogP contribution in [0.5, 0.6) is 0 Å². The first-order chi connectivity index (χ1) is 15.5. The zero-order chi connectivity index (χ0) is 23.7. The van der Waals surface area contributed by atoms with Crippen molar-refractivity contribution in [3.8, 4) is 0 Å². The highest BCUT2D eigenvalue weighted by Crippen LogP contribution is 2.41. The van der Waals surface area contributed by atoms with Crippen LogP contribution in [0.4, 0.5) is 0 Å². The Morgan fingerprint density at radius 2 is 1.03 bits per heavy atom. The lowest BCUT2D eigenvalue weighted by Crippen LogP contribution is -2.57. The van der Waals surface area contributed by atoms with Crippen molar-refractivity contribution < 1.29 is 4.48 Å². The van der Waals surface area contributed by atoms with E-state index in [1.165, 1.54) is 109 Å². The molecule has 0 saturated heterocycles. The number of benzene rings is 1. The molecule has 33 heavy (non-hydrogen) atoms. The summed E-state index contributed by atoms with van der Waals surface area (Å²) in [5, 5.41) is 0. The first-order valence-corrected chi connectivity index (χ1v) is 14.4. The number of unbranched alkanes of at least 4 members (excludes halogenated alkanes) is 13. The molecule has 0 amide bonds. The van der Waals surface area contributed by atoms with Crippen LogP contribution in [0.15, 0.2) is 24.3 Å². The molecule has 2 heteroatoms. The van der Waals surface area contributed by atoms with Crippen molar-refractivity contribution in [1.82, 2.24) is 0 Å². The Labute approximate surface area is 215 Å². The summed E-state index contributed by atoms with van der Waals surface area (Å²) in [6.07, 6.45) is 23.7. The third-order valence-electron chi connectivity index (χ3n) is 8.30. The van der Waals surface area contributed by atoms with Gasteiger partial charge in [-0.25, -0.2) is 0 Å². The van der Waals surface area contributed by atoms with Crippen molar-refractivity contribution in [3.63, 3.8) is 0 Å². The van der Waals surface area contributed by atoms with E-state index in [4.69, 9.17) is 0 Å². The normalized spacial score (nSPS) is 12.1. The van der Waals surface area contributed by atoms with Gasteiger partial charge in [0.05, 0.1) is 20.6 Å². The van der Waals surface area contributed by atoms with Crippen LogP contribution in [-0.4, -0.2) is 25.1 Å². The summed E-state index contributed by atoms with van der Waals surface area (Å²) >= 11 is 0. The highest BCUT2D eigenvalue weighted by Gasteiger charge is 2.44. The molecule has 0 spiro atoms. The zero-order valence-electron chi connectivity index (χ0n) is 23.4. The fourth-order valence-electron chi connectivity index (χ4n) is 6.01. The molecule has 0 aliphatic rings. The van der Waals surface area contributed by atoms with Crippen molar-refractivity contribution in [2.45, 2.75) is 142 Å². The predicted octanol–water partition coefficient (Wildman–Crippen LogP) is 10.2. The third kappa shape index (κ3) is 10.7. The molecule has 0 fully saturated rings. The minimum Gasteiger partial charge on any atom is -0.320 e. The van der Waals surface area contributed by atoms with E-state index < -0.39 is 0 Å². The topological polar surface area (TPSA) is 0 Å². The van der Waals surface area contributed by atoms with E-state index in [-0.39, 0.29) is 17.9 Å². The van der Waals surface area contributed by atoms with Crippen molar-refractivity contribution in [2.75, 3.05) is 20.6 Å². The molecule has 0 saturated carbocycles. The van der Waals surface area contributed by atoms with Gasteiger partial charge in [-0.3, -0.25) is 0 Å². The molecule has 194 valence electrons. The Morgan fingerprint density at radius 1 is 0.606 bits per heavy atom. The van der Waals surface area contributed by atoms with Crippen molar-refractivity contribution in [1.29, 1.82) is 0 Å². The fourth-order valence-corrected chi connectivity index (χ4v) is 6.01. The van der Waals surface area contributed by atoms with Gasteiger partial charge in [0.1, 0.15) is 5.54 Å². The Morgan fingerprint density at radius 3 is 1.45 bits per heavy atom. The molecular weight excluding hydrogens is 422 g/mol. The number of quaternary nitrogens is 1. The van der Waals surface area contributed by atoms with Gasteiger partial charge in [0.25, 0.3) is 0 Å². The lowest BCUT2D eigenvalue weighted by Gasteiger charge is -2.49. The number of hydrogen-bond acceptors (Lipinski definition) is 0. The minimum absolute atomic E-state index is 0. The maximum atomic E-state index is 2.49. The first-order valence-electron chi connectivity index (χ1n) is 14.4. The number of nitrogens with zero attached hydrogens (tertiary/aromatic N) is 1. The van der Waals surface area contributed by atoms with Crippen molar-refractivity contribution >= 4 is 12.4 Å². The highest BCUT2D eigenvalue weighted by molar-refractivity contribution is 5.85. The fraction of sp³-hybridized carbons (Fsp3) is 0.806. The van der Waals surface area contributed by atoms with E-state index in [2.05, 4.69) is 66.1 Å². The summed E-state index contributed by atoms with van der Waals surface area (Å²) in [4.78, 5) is 0. The molecule has 1 aromatic rings. The van der Waals surface area contributed by atoms with Gasteiger partial charge < -0.3 is 4.48 Å². The summed E-state index contributed by atoms with van der Waals surface area (Å²) in [6, 6.07) is 9.23. The molecule has 1 nitrogen and oxygen atoms in total. The van der Waals surface area contributed by atoms with Gasteiger partial charge in [-0.1, -0.05) is 129 Å². The Bertz CT molecular complexity index is 576. The zero-order valence-corrected chi connectivity index (χ0v) is 24.2. The van der Waals surface area contributed by atoms with E-state index in [1.54, 1.807) is 11.1 Å². The number of hydrogen-bond donors (Lipinski definition) is 0. The van der Waals surface area contributed by atoms with Gasteiger partial charge >= 0.3 is 0 Å². The lowest BCUT2D eigenvalue weighted by atomic mass is 9.78. The highest BCUT2D eigenvalue weighted by atomic mass is 35.5. The van der Waals surface area contributed by atoms with Gasteiger partial charge in [-0.15, -0.1) is 12.4 Å². The standard InChI is InChI=1S/C31H58N.ClH/c1-7-11-12-13-14-15-16-17-18-19-20-21-22-25-28-32(5,6)31(9-3,10-4)30-27-24-23-26-29(30)8-2;/h23-24,26-27H,7-22,25,28H2,1-6H3;1H/q+1;. The van der Waals surface area contributed by atoms with Gasteiger partial charge in [0, 0.05) is 18.4 Å². The van der Waals surface area contributed by atoms with E-state index >= 15 is 0 Å². The van der Waals surface area contributed by atoms with Crippen LogP contribution in [-0.2, 0) is 12.0 Å². The monoisotopic (exact) mass is 480 g/mol. The quantitative estimate of drug-likeness (QED) is 0.128. The molecule has 0 heterocycles. The molecule has 0 aromatic heterocycles. The number of aryl methyl sites for hydroxylation is 1. The second kappa shape index (κ2) is 18.8. The molecule has 0 bridgehead atoms. The largest absolute Gasteiger partial charge is 0.320 e. The van der Waals surface area contributed by atoms with Crippen LogP contribution in [0.3, 0.4) is 0 Å². The van der Waals surface area contributed by atoms with Crippen LogP contribution < -0.4 is 0 Å². The second-order valence-electron chi connectivity index (χ2n) is 10.8. The molecule has 0 N–H and O–H groups in total. The molecule has 0 atom stereocenters. The summed E-state index contributed by atoms with van der Waals surface area (Å²) in [5.74, 6) is 0. The summed E-state index contributed by atoms with van der Waals surface area (Å²) < 4.78 is 1.12. The van der Waals surface area contributed by atoms with Crippen LogP contribution in [0, 0.1) is 0 Å². The summed E-state index contributed by atoms with van der Waals surface area (Å²) in [6.45, 7) is 10.7. The summed E-state index contributed by atoms with van der Waals surface area (Å²) in [5.41, 5.74) is 3.38. The SMILES string of the molecule is CCCCCCCCCCCCCCCC[N+](C)(C)C(CC)(CC)c1ccccc1CC.Cl. The van der Waals surface area contributed by atoms with Crippen LogP contribution in [0.1, 0.15) is 142 Å². The Kier molecular flexibility index (Phi) is 18.5. The molecule has 0 aliphatic heterocycles. The molecule has 0 radical (unpaired) electrons. The maximum absolute atomic E-state index is 2.49. The molecule has 0 unspecified atom stereocenters. The molecule has 0 aliphatic carbocycles. The Hall–Kier alpha value is -0.530. The van der Waals surface area contributed by atoms with E-state index in [0.717, 1.165) is 10.9 Å². The van der Waals surface area contributed by atoms with E-state index in [1.807, 2.05) is 0 Å². The van der Waals surface area contributed by atoms with Gasteiger partial charge in [0.15, 0.2) is 0 Å². The third-order valence-corrected chi connectivity index (χ3v) is 8.30. The van der Waals surface area contributed by atoms with Crippen LogP contribution in [0.2, 0.25) is 0 Å². The van der Waals surface area contributed by atoms with Gasteiger partial charge in [-0.2, -0.15) is 0 Å². The van der Waals surface area contributed by atoms with Crippen LogP contribution >= 0.6 is 12.4 Å². The van der Waals surface area contributed by atoms with Gasteiger partial charge in [-0.05, 0) is 24.8 Å². The second-order valence-corrected chi connectivity index (χ2v) is 10.8. The smallest absolute Gasteiger partial charge is 0.124 e. The summed E-state index contributed by atoms with van der Waals surface area (Å²) in [7, 11) is 4.98. The first kappa shape index (κ1) is 32.5. The van der Waals surface area contributed by atoms with E-state index in [9.17, 15) is 0 Å². The lowest BCUT2D eigenvalue weighted by molar-refractivity contribution is -0.951. The Balaban J connectivity index is 0.0000102. The average Bonchev–Trinajstić information content (AvgIpc) is 2.80. The average molecular weight is 481 g/mol. The number of halogens is 1. The van der Waals surface area contributed by atoms with E-state index in [0.29, 0.717) is 0 Å². The maximum Gasteiger partial charge on any atom is 0.124 e. The minimum atomic E-state index is 0. The number of rotatable bonds is 20. The van der Waals surface area contributed by atoms with Gasteiger partial charge in [0.2, 0.25) is 0 Å². The van der Waals surface area contributed by atoms with Crippen molar-refractivity contribution in [3.05, 3.63) is 35.4 Å². The molecule has 1 rings (SSSR count). The molecular formula is C31H59ClN+.